The van der Waals surface area contributed by atoms with Crippen LogP contribution < -0.4 is 5.32 Å². The first kappa shape index (κ1) is 14.6. The van der Waals surface area contributed by atoms with Crippen LogP contribution in [0.1, 0.15) is 32.1 Å². The topological polar surface area (TPSA) is 90.0 Å². The summed E-state index contributed by atoms with van der Waals surface area (Å²) >= 11 is 0. The largest absolute Gasteiger partial charge is 0.480 e. The molecule has 0 aromatic carbocycles. The molecule has 0 aliphatic carbocycles. The van der Waals surface area contributed by atoms with Gasteiger partial charge in [-0.2, -0.15) is 0 Å². The van der Waals surface area contributed by atoms with E-state index in [4.69, 9.17) is 5.11 Å². The van der Waals surface area contributed by atoms with Crippen molar-refractivity contribution < 1.29 is 19.5 Å². The maximum absolute atomic E-state index is 12.0. The van der Waals surface area contributed by atoms with Gasteiger partial charge in [0.05, 0.1) is 6.54 Å². The molecule has 7 nitrogen and oxygen atoms in total. The van der Waals surface area contributed by atoms with Crippen LogP contribution in [0, 0.1) is 0 Å². The zero-order valence-electron chi connectivity index (χ0n) is 11.5. The van der Waals surface area contributed by atoms with Crippen molar-refractivity contribution in [2.24, 2.45) is 0 Å². The number of carboxylic acids is 1. The van der Waals surface area contributed by atoms with Gasteiger partial charge in [0.25, 0.3) is 0 Å². The number of aliphatic carboxylic acids is 1. The van der Waals surface area contributed by atoms with Gasteiger partial charge in [-0.25, -0.2) is 9.59 Å². The highest BCUT2D eigenvalue weighted by Crippen LogP contribution is 2.17. The van der Waals surface area contributed by atoms with Crippen LogP contribution in [0.2, 0.25) is 0 Å². The molecule has 2 rings (SSSR count). The Hall–Kier alpha value is -1.79. The van der Waals surface area contributed by atoms with Gasteiger partial charge < -0.3 is 20.2 Å². The second kappa shape index (κ2) is 6.58. The summed E-state index contributed by atoms with van der Waals surface area (Å²) in [4.78, 5) is 38.0. The molecule has 0 spiro atoms. The van der Waals surface area contributed by atoms with Crippen LogP contribution in [0.4, 0.5) is 4.79 Å². The minimum Gasteiger partial charge on any atom is -0.480 e. The summed E-state index contributed by atoms with van der Waals surface area (Å²) in [6.07, 6.45) is 4.10. The van der Waals surface area contributed by atoms with Crippen LogP contribution in [0.25, 0.3) is 0 Å². The molecule has 3 amide bonds. The number of piperidine rings is 1. The van der Waals surface area contributed by atoms with Gasteiger partial charge in [0.2, 0.25) is 5.91 Å². The zero-order chi connectivity index (χ0) is 14.5. The average Bonchev–Trinajstić information content (AvgIpc) is 2.98. The number of rotatable bonds is 3. The Bertz CT molecular complexity index is 393. The molecule has 2 aliphatic rings. The van der Waals surface area contributed by atoms with Crippen LogP contribution in [-0.4, -0.2) is 65.0 Å². The number of carbonyl (C=O) groups is 3. The first-order chi connectivity index (χ1) is 9.59. The molecule has 2 heterocycles. The fourth-order valence-corrected chi connectivity index (χ4v) is 2.76. The Kier molecular flexibility index (Phi) is 4.81. The molecule has 0 aromatic rings. The quantitative estimate of drug-likeness (QED) is 0.777. The fraction of sp³-hybridized carbons (Fsp3) is 0.769. The number of likely N-dealkylation sites (tertiary alicyclic amines) is 2. The molecule has 2 aliphatic heterocycles. The Morgan fingerprint density at radius 2 is 1.70 bits per heavy atom. The molecular formula is C13H21N3O4. The predicted molar refractivity (Wildman–Crippen MR) is 71.2 cm³/mol. The van der Waals surface area contributed by atoms with Crippen molar-refractivity contribution >= 4 is 17.9 Å². The van der Waals surface area contributed by atoms with Crippen molar-refractivity contribution in [2.75, 3.05) is 26.2 Å². The second-order valence-corrected chi connectivity index (χ2v) is 5.29. The number of nitrogens with one attached hydrogen (secondary N) is 1. The minimum absolute atomic E-state index is 0.0539. The highest BCUT2D eigenvalue weighted by atomic mass is 16.4. The van der Waals surface area contributed by atoms with Crippen LogP contribution in [0.5, 0.6) is 0 Å². The van der Waals surface area contributed by atoms with E-state index < -0.39 is 18.0 Å². The van der Waals surface area contributed by atoms with Gasteiger partial charge in [-0.1, -0.05) is 0 Å². The molecule has 1 unspecified atom stereocenters. The van der Waals surface area contributed by atoms with Crippen LogP contribution in [0.3, 0.4) is 0 Å². The Labute approximate surface area is 117 Å². The SMILES string of the molecule is O=C(O)C1CCCCN1C(=O)NCC(=O)N1CCCC1. The monoisotopic (exact) mass is 283 g/mol. The number of nitrogens with zero attached hydrogens (tertiary/aromatic N) is 2. The molecule has 112 valence electrons. The van der Waals surface area contributed by atoms with Gasteiger partial charge in [-0.15, -0.1) is 0 Å². The van der Waals surface area contributed by atoms with Gasteiger partial charge >= 0.3 is 12.0 Å². The molecule has 0 aromatic heterocycles. The van der Waals surface area contributed by atoms with E-state index in [-0.39, 0.29) is 12.5 Å². The summed E-state index contributed by atoms with van der Waals surface area (Å²) in [7, 11) is 0. The van der Waals surface area contributed by atoms with Gasteiger partial charge in [-0.05, 0) is 32.1 Å². The number of carboxylic acid groups (broad SMARTS) is 1. The number of hydrogen-bond acceptors (Lipinski definition) is 3. The third-order valence-electron chi connectivity index (χ3n) is 3.90. The summed E-state index contributed by atoms with van der Waals surface area (Å²) < 4.78 is 0. The van der Waals surface area contributed by atoms with E-state index >= 15 is 0 Å². The highest BCUT2D eigenvalue weighted by Gasteiger charge is 2.32. The number of hydrogen-bond donors (Lipinski definition) is 2. The third kappa shape index (κ3) is 3.40. The van der Waals surface area contributed by atoms with Crippen LogP contribution >= 0.6 is 0 Å². The summed E-state index contributed by atoms with van der Waals surface area (Å²) in [6, 6.07) is -1.23. The summed E-state index contributed by atoms with van der Waals surface area (Å²) in [6.45, 7) is 1.87. The van der Waals surface area contributed by atoms with Gasteiger partial charge in [0.15, 0.2) is 0 Å². The molecule has 0 bridgehead atoms. The lowest BCUT2D eigenvalue weighted by molar-refractivity contribution is -0.143. The fourth-order valence-electron chi connectivity index (χ4n) is 2.76. The van der Waals surface area contributed by atoms with Crippen molar-refractivity contribution in [3.63, 3.8) is 0 Å². The molecule has 0 saturated carbocycles. The average molecular weight is 283 g/mol. The van der Waals surface area contributed by atoms with Crippen molar-refractivity contribution in [3.05, 3.63) is 0 Å². The van der Waals surface area contributed by atoms with Crippen molar-refractivity contribution in [1.82, 2.24) is 15.1 Å². The molecular weight excluding hydrogens is 262 g/mol. The molecule has 2 saturated heterocycles. The molecule has 20 heavy (non-hydrogen) atoms. The lowest BCUT2D eigenvalue weighted by atomic mass is 10.0. The van der Waals surface area contributed by atoms with Gasteiger partial charge in [-0.3, -0.25) is 4.79 Å². The lowest BCUT2D eigenvalue weighted by Crippen LogP contribution is -2.53. The Balaban J connectivity index is 1.83. The maximum atomic E-state index is 12.0. The van der Waals surface area contributed by atoms with E-state index in [1.54, 1.807) is 4.90 Å². The van der Waals surface area contributed by atoms with E-state index in [1.807, 2.05) is 0 Å². The summed E-state index contributed by atoms with van der Waals surface area (Å²) in [5, 5.41) is 11.7. The third-order valence-corrected chi connectivity index (χ3v) is 3.90. The maximum Gasteiger partial charge on any atom is 0.326 e. The van der Waals surface area contributed by atoms with E-state index in [1.165, 1.54) is 4.90 Å². The summed E-state index contributed by atoms with van der Waals surface area (Å²) in [5.74, 6) is -1.08. The van der Waals surface area contributed by atoms with E-state index in [2.05, 4.69) is 5.32 Å². The Morgan fingerprint density at radius 3 is 2.35 bits per heavy atom. The molecule has 2 fully saturated rings. The molecule has 7 heteroatoms. The second-order valence-electron chi connectivity index (χ2n) is 5.29. The van der Waals surface area contributed by atoms with Crippen molar-refractivity contribution in [1.29, 1.82) is 0 Å². The molecule has 0 radical (unpaired) electrons. The van der Waals surface area contributed by atoms with Gasteiger partial charge in [0.1, 0.15) is 6.04 Å². The van der Waals surface area contributed by atoms with Gasteiger partial charge in [0, 0.05) is 19.6 Å². The molecule has 1 atom stereocenters. The number of amides is 3. The van der Waals surface area contributed by atoms with E-state index in [0.29, 0.717) is 13.0 Å². The first-order valence-electron chi connectivity index (χ1n) is 7.14. The van der Waals surface area contributed by atoms with E-state index in [0.717, 1.165) is 38.8 Å². The predicted octanol–water partition coefficient (Wildman–Crippen LogP) is 0.258. The number of urea groups is 1. The highest BCUT2D eigenvalue weighted by molar-refractivity contribution is 5.86. The van der Waals surface area contributed by atoms with Crippen molar-refractivity contribution in [3.8, 4) is 0 Å². The first-order valence-corrected chi connectivity index (χ1v) is 7.14. The molecule has 2 N–H and O–H groups in total. The van der Waals surface area contributed by atoms with Crippen LogP contribution in [0.15, 0.2) is 0 Å². The zero-order valence-corrected chi connectivity index (χ0v) is 11.5. The van der Waals surface area contributed by atoms with Crippen LogP contribution in [-0.2, 0) is 9.59 Å². The number of carbonyl (C=O) groups excluding carboxylic acids is 2. The normalized spacial score (nSPS) is 22.7. The Morgan fingerprint density at radius 1 is 1.05 bits per heavy atom. The minimum atomic E-state index is -0.981. The smallest absolute Gasteiger partial charge is 0.326 e. The van der Waals surface area contributed by atoms with Crippen molar-refractivity contribution in [2.45, 2.75) is 38.1 Å². The summed E-state index contributed by atoms with van der Waals surface area (Å²) in [5.41, 5.74) is 0. The standard InChI is InChI=1S/C13H21N3O4/c17-11(15-6-3-4-7-15)9-14-13(20)16-8-2-1-5-10(16)12(18)19/h10H,1-9H2,(H,14,20)(H,18,19). The lowest BCUT2D eigenvalue weighted by Gasteiger charge is -2.32. The van der Waals surface area contributed by atoms with E-state index in [9.17, 15) is 14.4 Å².